The molecule has 1 aromatic carbocycles. The molecule has 0 aromatic heterocycles. The molecule has 5 heteroatoms. The van der Waals surface area contributed by atoms with Gasteiger partial charge in [0.15, 0.2) is 0 Å². The van der Waals surface area contributed by atoms with Gasteiger partial charge in [0.2, 0.25) is 0 Å². The van der Waals surface area contributed by atoms with Gasteiger partial charge in [-0.3, -0.25) is 4.79 Å². The van der Waals surface area contributed by atoms with Crippen LogP contribution in [0.1, 0.15) is 5.56 Å². The summed E-state index contributed by atoms with van der Waals surface area (Å²) in [6.07, 6.45) is 0. The van der Waals surface area contributed by atoms with Gasteiger partial charge in [-0.05, 0) is 17.7 Å². The summed E-state index contributed by atoms with van der Waals surface area (Å²) in [5.74, 6) is -0.116. The van der Waals surface area contributed by atoms with Crippen molar-refractivity contribution in [3.05, 3.63) is 29.8 Å². The van der Waals surface area contributed by atoms with E-state index in [1.165, 1.54) is 11.8 Å². The largest absolute Gasteiger partial charge is 0.480 e. The van der Waals surface area contributed by atoms with Crippen molar-refractivity contribution in [2.75, 3.05) is 5.75 Å². The van der Waals surface area contributed by atoms with Crippen LogP contribution < -0.4 is 5.73 Å². The lowest BCUT2D eigenvalue weighted by atomic mass is 10.2. The first-order chi connectivity index (χ1) is 7.13. The molecule has 0 saturated carbocycles. The third-order valence-corrected chi connectivity index (χ3v) is 3.26. The van der Waals surface area contributed by atoms with E-state index >= 15 is 0 Å². The number of hydrogen-bond donors (Lipinski definition) is 2. The molecular formula is C10H12ClNO2S. The summed E-state index contributed by atoms with van der Waals surface area (Å²) in [6, 6.07) is 6.85. The van der Waals surface area contributed by atoms with E-state index in [2.05, 4.69) is 0 Å². The van der Waals surface area contributed by atoms with E-state index in [1.807, 2.05) is 24.3 Å². The Hall–Kier alpha value is -0.710. The van der Waals surface area contributed by atoms with Crippen molar-refractivity contribution in [2.24, 2.45) is 5.73 Å². The number of carbonyl (C=O) groups is 1. The van der Waals surface area contributed by atoms with Crippen LogP contribution in [0, 0.1) is 0 Å². The average molecular weight is 246 g/mol. The van der Waals surface area contributed by atoms with E-state index in [9.17, 15) is 4.79 Å². The predicted molar refractivity (Wildman–Crippen MR) is 62.3 cm³/mol. The number of thioether (sulfide) groups is 1. The Morgan fingerprint density at radius 1 is 1.47 bits per heavy atom. The van der Waals surface area contributed by atoms with Crippen LogP contribution >= 0.6 is 23.4 Å². The SMILES string of the molecule is NC(CSc1ccc(CCl)cc1)C(=O)O. The number of carboxylic acid groups (broad SMARTS) is 1. The molecule has 0 radical (unpaired) electrons. The van der Waals surface area contributed by atoms with Crippen LogP contribution in [0.4, 0.5) is 0 Å². The van der Waals surface area contributed by atoms with Crippen LogP contribution in [-0.2, 0) is 10.7 Å². The maximum atomic E-state index is 10.5. The smallest absolute Gasteiger partial charge is 0.321 e. The summed E-state index contributed by atoms with van der Waals surface area (Å²) in [5, 5.41) is 8.59. The lowest BCUT2D eigenvalue weighted by Gasteiger charge is -2.06. The summed E-state index contributed by atoms with van der Waals surface area (Å²) >= 11 is 7.07. The Balaban J connectivity index is 2.47. The van der Waals surface area contributed by atoms with Crippen molar-refractivity contribution in [2.45, 2.75) is 16.8 Å². The van der Waals surface area contributed by atoms with Crippen LogP contribution in [0.3, 0.4) is 0 Å². The Labute approximate surface area is 97.6 Å². The summed E-state index contributed by atoms with van der Waals surface area (Å²) in [6.45, 7) is 0. The van der Waals surface area contributed by atoms with Gasteiger partial charge in [0.25, 0.3) is 0 Å². The molecule has 15 heavy (non-hydrogen) atoms. The van der Waals surface area contributed by atoms with Crippen LogP contribution in [0.5, 0.6) is 0 Å². The second-order valence-corrected chi connectivity index (χ2v) is 4.39. The fourth-order valence-electron chi connectivity index (χ4n) is 0.932. The van der Waals surface area contributed by atoms with E-state index in [-0.39, 0.29) is 0 Å². The number of benzene rings is 1. The fourth-order valence-corrected chi connectivity index (χ4v) is 1.95. The Morgan fingerprint density at radius 2 is 2.07 bits per heavy atom. The van der Waals surface area contributed by atoms with Gasteiger partial charge >= 0.3 is 5.97 Å². The first-order valence-electron chi connectivity index (χ1n) is 4.39. The number of carboxylic acids is 1. The molecular weight excluding hydrogens is 234 g/mol. The lowest BCUT2D eigenvalue weighted by molar-refractivity contribution is -0.137. The highest BCUT2D eigenvalue weighted by Gasteiger charge is 2.11. The topological polar surface area (TPSA) is 63.3 Å². The van der Waals surface area contributed by atoms with Crippen LogP contribution in [-0.4, -0.2) is 22.9 Å². The maximum Gasteiger partial charge on any atom is 0.321 e. The van der Waals surface area contributed by atoms with Crippen molar-refractivity contribution < 1.29 is 9.90 Å². The minimum absolute atomic E-state index is 0.371. The molecule has 0 bridgehead atoms. The third-order valence-electron chi connectivity index (χ3n) is 1.82. The molecule has 3 N–H and O–H groups in total. The molecule has 82 valence electrons. The molecule has 0 fully saturated rings. The van der Waals surface area contributed by atoms with E-state index in [0.717, 1.165) is 10.5 Å². The summed E-state index contributed by atoms with van der Waals surface area (Å²) in [5.41, 5.74) is 6.42. The highest BCUT2D eigenvalue weighted by atomic mass is 35.5. The average Bonchev–Trinajstić information content (AvgIpc) is 2.26. The first kappa shape index (κ1) is 12.4. The minimum atomic E-state index is -0.972. The van der Waals surface area contributed by atoms with E-state index < -0.39 is 12.0 Å². The summed E-state index contributed by atoms with van der Waals surface area (Å²) in [7, 11) is 0. The second kappa shape index (κ2) is 6.00. The van der Waals surface area contributed by atoms with Crippen molar-refractivity contribution in [1.82, 2.24) is 0 Å². The lowest BCUT2D eigenvalue weighted by Crippen LogP contribution is -2.32. The minimum Gasteiger partial charge on any atom is -0.480 e. The van der Waals surface area contributed by atoms with Gasteiger partial charge in [-0.15, -0.1) is 23.4 Å². The molecule has 1 atom stereocenters. The van der Waals surface area contributed by atoms with Crippen LogP contribution in [0.15, 0.2) is 29.2 Å². The highest BCUT2D eigenvalue weighted by Crippen LogP contribution is 2.19. The Morgan fingerprint density at radius 3 is 2.53 bits per heavy atom. The normalized spacial score (nSPS) is 12.4. The number of nitrogens with two attached hydrogens (primary N) is 1. The van der Waals surface area contributed by atoms with Gasteiger partial charge in [-0.25, -0.2) is 0 Å². The molecule has 1 rings (SSSR count). The molecule has 1 aromatic rings. The number of hydrogen-bond acceptors (Lipinski definition) is 3. The molecule has 1 unspecified atom stereocenters. The molecule has 0 aliphatic carbocycles. The fraction of sp³-hybridized carbons (Fsp3) is 0.300. The zero-order valence-electron chi connectivity index (χ0n) is 8.02. The van der Waals surface area contributed by atoms with E-state index in [4.69, 9.17) is 22.4 Å². The molecule has 0 amide bonds. The molecule has 0 heterocycles. The van der Waals surface area contributed by atoms with E-state index in [0.29, 0.717) is 11.6 Å². The van der Waals surface area contributed by atoms with Crippen molar-refractivity contribution >= 4 is 29.3 Å². The molecule has 0 aliphatic heterocycles. The molecule has 0 saturated heterocycles. The second-order valence-electron chi connectivity index (χ2n) is 3.03. The zero-order chi connectivity index (χ0) is 11.3. The number of aliphatic carboxylic acids is 1. The number of alkyl halides is 1. The summed E-state index contributed by atoms with van der Waals surface area (Å²) in [4.78, 5) is 11.5. The highest BCUT2D eigenvalue weighted by molar-refractivity contribution is 7.99. The van der Waals surface area contributed by atoms with Crippen molar-refractivity contribution in [1.29, 1.82) is 0 Å². The van der Waals surface area contributed by atoms with Gasteiger partial charge in [0.05, 0.1) is 0 Å². The Kier molecular flexibility index (Phi) is 4.94. The molecule has 3 nitrogen and oxygen atoms in total. The van der Waals surface area contributed by atoms with Gasteiger partial charge in [0.1, 0.15) is 6.04 Å². The Bertz CT molecular complexity index is 329. The van der Waals surface area contributed by atoms with Gasteiger partial charge < -0.3 is 10.8 Å². The molecule has 0 spiro atoms. The third kappa shape index (κ3) is 4.11. The maximum absolute atomic E-state index is 10.5. The van der Waals surface area contributed by atoms with Crippen LogP contribution in [0.2, 0.25) is 0 Å². The zero-order valence-corrected chi connectivity index (χ0v) is 9.59. The van der Waals surface area contributed by atoms with Crippen molar-refractivity contribution in [3.8, 4) is 0 Å². The number of halogens is 1. The number of rotatable bonds is 5. The summed E-state index contributed by atoms with van der Waals surface area (Å²) < 4.78 is 0. The van der Waals surface area contributed by atoms with Crippen LogP contribution in [0.25, 0.3) is 0 Å². The first-order valence-corrected chi connectivity index (χ1v) is 5.91. The van der Waals surface area contributed by atoms with Gasteiger partial charge in [-0.1, -0.05) is 12.1 Å². The quantitative estimate of drug-likeness (QED) is 0.615. The van der Waals surface area contributed by atoms with Crippen molar-refractivity contribution in [3.63, 3.8) is 0 Å². The van der Waals surface area contributed by atoms with Gasteiger partial charge in [-0.2, -0.15) is 0 Å². The van der Waals surface area contributed by atoms with Gasteiger partial charge in [0, 0.05) is 16.5 Å². The standard InChI is InChI=1S/C10H12ClNO2S/c11-5-7-1-3-8(4-2-7)15-6-9(12)10(13)14/h1-4,9H,5-6,12H2,(H,13,14). The predicted octanol–water partition coefficient (Wildman–Crippen LogP) is 1.93. The monoisotopic (exact) mass is 245 g/mol. The van der Waals surface area contributed by atoms with E-state index in [1.54, 1.807) is 0 Å². The molecule has 0 aliphatic rings.